The second-order valence-corrected chi connectivity index (χ2v) is 2.78. The highest BCUT2D eigenvalue weighted by Crippen LogP contribution is 2.22. The third-order valence-corrected chi connectivity index (χ3v) is 2.06. The number of thiocarbonyl (C=S) groups is 1. The van der Waals surface area contributed by atoms with Gasteiger partial charge in [-0.05, 0) is 12.2 Å². The van der Waals surface area contributed by atoms with Crippen LogP contribution in [0.25, 0.3) is 0 Å². The van der Waals surface area contributed by atoms with Crippen molar-refractivity contribution in [2.45, 2.75) is 12.0 Å². The fraction of sp³-hybridized carbons (Fsp3) is 0.857. The van der Waals surface area contributed by atoms with E-state index in [0.29, 0.717) is 13.2 Å². The van der Waals surface area contributed by atoms with Gasteiger partial charge in [0.1, 0.15) is 5.60 Å². The van der Waals surface area contributed by atoms with E-state index in [1.165, 1.54) is 0 Å². The van der Waals surface area contributed by atoms with Crippen molar-refractivity contribution in [2.75, 3.05) is 26.9 Å². The minimum atomic E-state index is -0.230. The molecular formula is C7H11NO2S. The Labute approximate surface area is 71.4 Å². The summed E-state index contributed by atoms with van der Waals surface area (Å²) < 4.78 is 10.5. The smallest absolute Gasteiger partial charge is 0.113 e. The van der Waals surface area contributed by atoms with Crippen molar-refractivity contribution in [1.82, 2.24) is 0 Å². The van der Waals surface area contributed by atoms with Crippen LogP contribution in [-0.4, -0.2) is 37.6 Å². The lowest BCUT2D eigenvalue weighted by Crippen LogP contribution is -2.35. The minimum Gasteiger partial charge on any atom is -0.378 e. The Bertz CT molecular complexity index is 171. The molecular weight excluding hydrogens is 162 g/mol. The first kappa shape index (κ1) is 8.81. The van der Waals surface area contributed by atoms with Crippen molar-refractivity contribution in [3.8, 4) is 0 Å². The molecule has 0 saturated carbocycles. The van der Waals surface area contributed by atoms with Crippen LogP contribution in [0.3, 0.4) is 0 Å². The zero-order valence-electron chi connectivity index (χ0n) is 6.50. The summed E-state index contributed by atoms with van der Waals surface area (Å²) in [6.07, 6.45) is 0.893. The standard InChI is InChI=1S/C7H11NO2S/c1-9-7(4-8-6-11)2-3-10-5-7/h2-5H2,1H3. The topological polar surface area (TPSA) is 30.8 Å². The summed E-state index contributed by atoms with van der Waals surface area (Å²) >= 11 is 4.47. The van der Waals surface area contributed by atoms with Crippen LogP contribution in [0.4, 0.5) is 0 Å². The predicted molar refractivity (Wildman–Crippen MR) is 45.1 cm³/mol. The Morgan fingerprint density at radius 3 is 3.09 bits per heavy atom. The van der Waals surface area contributed by atoms with Crippen LogP contribution in [0.5, 0.6) is 0 Å². The summed E-state index contributed by atoms with van der Waals surface area (Å²) in [5.74, 6) is 0. The molecule has 62 valence electrons. The molecule has 0 aromatic heterocycles. The lowest BCUT2D eigenvalue weighted by Gasteiger charge is -2.22. The number of isothiocyanates is 1. The highest BCUT2D eigenvalue weighted by molar-refractivity contribution is 7.78. The van der Waals surface area contributed by atoms with Gasteiger partial charge in [0.25, 0.3) is 0 Å². The van der Waals surface area contributed by atoms with E-state index in [1.54, 1.807) is 7.11 Å². The van der Waals surface area contributed by atoms with Crippen molar-refractivity contribution in [1.29, 1.82) is 0 Å². The maximum absolute atomic E-state index is 5.30. The van der Waals surface area contributed by atoms with E-state index in [4.69, 9.17) is 9.47 Å². The minimum absolute atomic E-state index is 0.230. The summed E-state index contributed by atoms with van der Waals surface area (Å²) in [7, 11) is 1.67. The molecule has 0 amide bonds. The van der Waals surface area contributed by atoms with Gasteiger partial charge in [-0.3, -0.25) is 0 Å². The molecule has 0 aromatic carbocycles. The number of nitrogens with zero attached hydrogens (tertiary/aromatic N) is 1. The summed E-state index contributed by atoms with van der Waals surface area (Å²) in [6, 6.07) is 0. The van der Waals surface area contributed by atoms with Gasteiger partial charge in [-0.2, -0.15) is 0 Å². The highest BCUT2D eigenvalue weighted by Gasteiger charge is 2.34. The fourth-order valence-electron chi connectivity index (χ4n) is 1.12. The maximum atomic E-state index is 5.30. The number of ether oxygens (including phenoxy) is 2. The first-order valence-corrected chi connectivity index (χ1v) is 3.90. The van der Waals surface area contributed by atoms with Crippen molar-refractivity contribution < 1.29 is 9.47 Å². The number of hydrogen-bond donors (Lipinski definition) is 0. The van der Waals surface area contributed by atoms with Gasteiger partial charge in [0.15, 0.2) is 0 Å². The van der Waals surface area contributed by atoms with E-state index < -0.39 is 0 Å². The molecule has 1 rings (SSSR count). The number of methoxy groups -OCH3 is 1. The van der Waals surface area contributed by atoms with Crippen LogP contribution < -0.4 is 0 Å². The Morgan fingerprint density at radius 1 is 1.82 bits per heavy atom. The Morgan fingerprint density at radius 2 is 2.64 bits per heavy atom. The molecule has 4 heteroatoms. The first-order valence-electron chi connectivity index (χ1n) is 3.49. The SMILES string of the molecule is COC1(CN=C=S)CCOC1. The Kier molecular flexibility index (Phi) is 3.15. The Hall–Kier alpha value is -0.280. The van der Waals surface area contributed by atoms with Crippen molar-refractivity contribution in [3.63, 3.8) is 0 Å². The summed E-state index contributed by atoms with van der Waals surface area (Å²) in [4.78, 5) is 3.86. The van der Waals surface area contributed by atoms with E-state index in [9.17, 15) is 0 Å². The average Bonchev–Trinajstić information content (AvgIpc) is 2.50. The van der Waals surface area contributed by atoms with Crippen LogP contribution in [0.15, 0.2) is 4.99 Å². The van der Waals surface area contributed by atoms with Crippen molar-refractivity contribution in [3.05, 3.63) is 0 Å². The molecule has 1 heterocycles. The largest absolute Gasteiger partial charge is 0.378 e. The molecule has 0 aromatic rings. The van der Waals surface area contributed by atoms with Gasteiger partial charge in [-0.1, -0.05) is 0 Å². The van der Waals surface area contributed by atoms with Gasteiger partial charge in [0.2, 0.25) is 0 Å². The lowest BCUT2D eigenvalue weighted by atomic mass is 10.0. The van der Waals surface area contributed by atoms with Crippen LogP contribution in [0.2, 0.25) is 0 Å². The third-order valence-electron chi connectivity index (χ3n) is 1.93. The molecule has 0 spiro atoms. The summed E-state index contributed by atoms with van der Waals surface area (Å²) in [5.41, 5.74) is -0.230. The third kappa shape index (κ3) is 2.07. The molecule has 11 heavy (non-hydrogen) atoms. The second-order valence-electron chi connectivity index (χ2n) is 2.60. The van der Waals surface area contributed by atoms with Crippen LogP contribution in [0.1, 0.15) is 6.42 Å². The van der Waals surface area contributed by atoms with Gasteiger partial charge in [0.05, 0.1) is 18.3 Å². The van der Waals surface area contributed by atoms with Crippen LogP contribution in [-0.2, 0) is 9.47 Å². The molecule has 1 aliphatic rings. The number of hydrogen-bond acceptors (Lipinski definition) is 4. The molecule has 3 nitrogen and oxygen atoms in total. The molecule has 1 saturated heterocycles. The maximum Gasteiger partial charge on any atom is 0.113 e. The predicted octanol–water partition coefficient (Wildman–Crippen LogP) is 0.895. The number of rotatable bonds is 3. The summed E-state index contributed by atoms with van der Waals surface area (Å²) in [6.45, 7) is 1.93. The van der Waals surface area contributed by atoms with E-state index in [0.717, 1.165) is 13.0 Å². The zero-order valence-corrected chi connectivity index (χ0v) is 7.32. The summed E-state index contributed by atoms with van der Waals surface area (Å²) in [5, 5.41) is 2.33. The second kappa shape index (κ2) is 3.93. The lowest BCUT2D eigenvalue weighted by molar-refractivity contribution is -0.00885. The Balaban J connectivity index is 2.51. The van der Waals surface area contributed by atoms with Crippen LogP contribution in [0, 0.1) is 0 Å². The van der Waals surface area contributed by atoms with Crippen LogP contribution >= 0.6 is 12.2 Å². The monoisotopic (exact) mass is 173 g/mol. The van der Waals surface area contributed by atoms with E-state index >= 15 is 0 Å². The zero-order chi connectivity index (χ0) is 8.16. The van der Waals surface area contributed by atoms with Gasteiger partial charge < -0.3 is 9.47 Å². The van der Waals surface area contributed by atoms with E-state index in [-0.39, 0.29) is 5.60 Å². The van der Waals surface area contributed by atoms with Gasteiger partial charge in [-0.15, -0.1) is 0 Å². The molecule has 0 aliphatic carbocycles. The average molecular weight is 173 g/mol. The fourth-order valence-corrected chi connectivity index (χ4v) is 1.18. The first-order chi connectivity index (χ1) is 5.33. The molecule has 0 radical (unpaired) electrons. The van der Waals surface area contributed by atoms with Crippen molar-refractivity contribution >= 4 is 17.4 Å². The molecule has 1 atom stereocenters. The molecule has 1 unspecified atom stereocenters. The molecule has 0 bridgehead atoms. The quantitative estimate of drug-likeness (QED) is 0.469. The molecule has 1 fully saturated rings. The van der Waals surface area contributed by atoms with E-state index in [2.05, 4.69) is 22.4 Å². The normalized spacial score (nSPS) is 29.9. The van der Waals surface area contributed by atoms with Crippen molar-refractivity contribution in [2.24, 2.45) is 4.99 Å². The number of aliphatic imine (C=N–C) groups is 1. The van der Waals surface area contributed by atoms with E-state index in [1.807, 2.05) is 0 Å². The van der Waals surface area contributed by atoms with Gasteiger partial charge in [0, 0.05) is 20.1 Å². The van der Waals surface area contributed by atoms with Gasteiger partial charge in [-0.25, -0.2) is 4.99 Å². The molecule has 0 N–H and O–H groups in total. The van der Waals surface area contributed by atoms with Gasteiger partial charge >= 0.3 is 0 Å². The highest BCUT2D eigenvalue weighted by atomic mass is 32.1. The molecule has 1 aliphatic heterocycles.